The van der Waals surface area contributed by atoms with Gasteiger partial charge < -0.3 is 15.5 Å². The average molecular weight is 380 g/mol. The zero-order valence-corrected chi connectivity index (χ0v) is 15.6. The van der Waals surface area contributed by atoms with Crippen LogP contribution in [0.15, 0.2) is 23.1 Å². The van der Waals surface area contributed by atoms with Gasteiger partial charge in [-0.1, -0.05) is 6.07 Å². The van der Waals surface area contributed by atoms with Crippen LogP contribution in [0.5, 0.6) is 0 Å². The molecule has 1 saturated heterocycles. The van der Waals surface area contributed by atoms with E-state index >= 15 is 0 Å². The van der Waals surface area contributed by atoms with E-state index in [0.717, 1.165) is 38.8 Å². The molecule has 1 heterocycles. The summed E-state index contributed by atoms with van der Waals surface area (Å²) < 4.78 is 27.5. The van der Waals surface area contributed by atoms with E-state index in [1.807, 2.05) is 0 Å². The van der Waals surface area contributed by atoms with Crippen molar-refractivity contribution < 1.29 is 18.0 Å². The molecule has 26 heavy (non-hydrogen) atoms. The predicted molar refractivity (Wildman–Crippen MR) is 97.4 cm³/mol. The number of hydrogen-bond donors (Lipinski definition) is 3. The summed E-state index contributed by atoms with van der Waals surface area (Å²) in [6.45, 7) is 3.09. The molecule has 0 bridgehead atoms. The number of hydrogen-bond acceptors (Lipinski definition) is 4. The van der Waals surface area contributed by atoms with Crippen LogP contribution in [0.4, 0.5) is 10.5 Å². The van der Waals surface area contributed by atoms with Gasteiger partial charge in [-0.05, 0) is 50.3 Å². The molecule has 1 saturated carbocycles. The zero-order chi connectivity index (χ0) is 18.7. The molecule has 3 N–H and O–H groups in total. The van der Waals surface area contributed by atoms with Gasteiger partial charge in [0, 0.05) is 24.8 Å². The van der Waals surface area contributed by atoms with Crippen molar-refractivity contribution in [2.45, 2.75) is 43.5 Å². The Bertz CT molecular complexity index is 799. The van der Waals surface area contributed by atoms with Gasteiger partial charge in [-0.2, -0.15) is 0 Å². The molecule has 0 aromatic heterocycles. The maximum Gasteiger partial charge on any atom is 0.319 e. The third-order valence-electron chi connectivity index (χ3n) is 4.49. The van der Waals surface area contributed by atoms with Gasteiger partial charge >= 0.3 is 6.03 Å². The number of aryl methyl sites for hydroxylation is 1. The number of carbonyl (C=O) groups excluding carboxylic acids is 2. The van der Waals surface area contributed by atoms with Gasteiger partial charge in [0.25, 0.3) is 0 Å². The molecule has 0 unspecified atom stereocenters. The zero-order valence-electron chi connectivity index (χ0n) is 14.7. The lowest BCUT2D eigenvalue weighted by molar-refractivity contribution is -0.128. The third-order valence-corrected chi connectivity index (χ3v) is 6.16. The second kappa shape index (κ2) is 7.63. The minimum atomic E-state index is -3.61. The number of rotatable bonds is 6. The summed E-state index contributed by atoms with van der Waals surface area (Å²) in [6, 6.07) is 4.18. The first-order valence-electron chi connectivity index (χ1n) is 8.81. The van der Waals surface area contributed by atoms with Crippen molar-refractivity contribution in [3.63, 3.8) is 0 Å². The third kappa shape index (κ3) is 4.73. The Balaban J connectivity index is 1.59. The van der Waals surface area contributed by atoms with Crippen LogP contribution in [0.25, 0.3) is 0 Å². The molecule has 0 radical (unpaired) electrons. The highest BCUT2D eigenvalue weighted by Crippen LogP contribution is 2.25. The van der Waals surface area contributed by atoms with Gasteiger partial charge in [0.2, 0.25) is 15.9 Å². The van der Waals surface area contributed by atoms with Gasteiger partial charge in [-0.25, -0.2) is 17.9 Å². The van der Waals surface area contributed by atoms with Gasteiger partial charge in [-0.3, -0.25) is 4.79 Å². The minimum Gasteiger partial charge on any atom is -0.341 e. The molecule has 2 fully saturated rings. The van der Waals surface area contributed by atoms with Crippen molar-refractivity contribution in [3.05, 3.63) is 23.8 Å². The van der Waals surface area contributed by atoms with Crippen molar-refractivity contribution in [1.82, 2.24) is 14.9 Å². The molecule has 1 aliphatic heterocycles. The highest BCUT2D eigenvalue weighted by molar-refractivity contribution is 7.89. The predicted octanol–water partition coefficient (Wildman–Crippen LogP) is 1.18. The molecule has 3 rings (SSSR count). The second-order valence-electron chi connectivity index (χ2n) is 6.77. The molecule has 1 aromatic carbocycles. The standard InChI is InChI=1S/C17H24N4O4S/c1-12-4-5-14(10-15(12)26(24,25)20-13-6-7-13)19-17(23)18-11-16(22)21-8-2-3-9-21/h4-5,10,13,20H,2-3,6-9,11H2,1H3,(H2,18,19,23). The van der Waals surface area contributed by atoms with Crippen LogP contribution in [0, 0.1) is 6.92 Å². The molecule has 142 valence electrons. The molecular formula is C17H24N4O4S. The maximum atomic E-state index is 12.4. The Morgan fingerprint density at radius 3 is 2.54 bits per heavy atom. The topological polar surface area (TPSA) is 108 Å². The lowest BCUT2D eigenvalue weighted by Crippen LogP contribution is -2.40. The number of sulfonamides is 1. The summed E-state index contributed by atoms with van der Waals surface area (Å²) >= 11 is 0. The number of likely N-dealkylation sites (tertiary alicyclic amines) is 1. The molecule has 8 nitrogen and oxygen atoms in total. The summed E-state index contributed by atoms with van der Waals surface area (Å²) in [5, 5.41) is 5.10. The fraction of sp³-hybridized carbons (Fsp3) is 0.529. The lowest BCUT2D eigenvalue weighted by atomic mass is 10.2. The number of nitrogens with zero attached hydrogens (tertiary/aromatic N) is 1. The summed E-state index contributed by atoms with van der Waals surface area (Å²) in [5.74, 6) is -0.113. The Kier molecular flexibility index (Phi) is 5.47. The van der Waals surface area contributed by atoms with Crippen molar-refractivity contribution in [2.24, 2.45) is 0 Å². The first kappa shape index (κ1) is 18.7. The highest BCUT2D eigenvalue weighted by Gasteiger charge is 2.29. The number of amides is 3. The van der Waals surface area contributed by atoms with E-state index < -0.39 is 16.1 Å². The van der Waals surface area contributed by atoms with Crippen LogP contribution in [0.1, 0.15) is 31.2 Å². The molecule has 1 aromatic rings. The van der Waals surface area contributed by atoms with E-state index in [2.05, 4.69) is 15.4 Å². The second-order valence-corrected chi connectivity index (χ2v) is 8.45. The van der Waals surface area contributed by atoms with E-state index in [0.29, 0.717) is 11.3 Å². The average Bonchev–Trinajstić information content (AvgIpc) is 3.22. The lowest BCUT2D eigenvalue weighted by Gasteiger charge is -2.16. The van der Waals surface area contributed by atoms with E-state index in [9.17, 15) is 18.0 Å². The van der Waals surface area contributed by atoms with Crippen LogP contribution in [0.2, 0.25) is 0 Å². The molecule has 1 aliphatic carbocycles. The van der Waals surface area contributed by atoms with Crippen LogP contribution < -0.4 is 15.4 Å². The largest absolute Gasteiger partial charge is 0.341 e. The summed E-state index contributed by atoms with van der Waals surface area (Å²) in [5.41, 5.74) is 0.964. The summed E-state index contributed by atoms with van der Waals surface area (Å²) in [4.78, 5) is 25.8. The molecular weight excluding hydrogens is 356 g/mol. The first-order chi connectivity index (χ1) is 12.3. The Hall–Kier alpha value is -2.13. The van der Waals surface area contributed by atoms with Crippen molar-refractivity contribution in [1.29, 1.82) is 0 Å². The smallest absolute Gasteiger partial charge is 0.319 e. The molecule has 2 aliphatic rings. The monoisotopic (exact) mass is 380 g/mol. The number of anilines is 1. The van der Waals surface area contributed by atoms with Crippen LogP contribution >= 0.6 is 0 Å². The Labute approximate surface area is 153 Å². The van der Waals surface area contributed by atoms with E-state index in [1.165, 1.54) is 6.07 Å². The van der Waals surface area contributed by atoms with Crippen molar-refractivity contribution in [2.75, 3.05) is 25.0 Å². The molecule has 9 heteroatoms. The first-order valence-corrected chi connectivity index (χ1v) is 10.3. The normalized spacial score (nSPS) is 17.2. The number of nitrogens with one attached hydrogen (secondary N) is 3. The maximum absolute atomic E-state index is 12.4. The Morgan fingerprint density at radius 2 is 1.88 bits per heavy atom. The molecule has 0 spiro atoms. The van der Waals surface area contributed by atoms with E-state index in [-0.39, 0.29) is 23.4 Å². The number of urea groups is 1. The van der Waals surface area contributed by atoms with Crippen LogP contribution in [-0.2, 0) is 14.8 Å². The molecule has 3 amide bonds. The van der Waals surface area contributed by atoms with Gasteiger partial charge in [0.1, 0.15) is 0 Å². The minimum absolute atomic E-state index is 0.0101. The van der Waals surface area contributed by atoms with Gasteiger partial charge in [-0.15, -0.1) is 0 Å². The number of benzene rings is 1. The van der Waals surface area contributed by atoms with Crippen molar-refractivity contribution in [3.8, 4) is 0 Å². The van der Waals surface area contributed by atoms with E-state index in [1.54, 1.807) is 24.0 Å². The van der Waals surface area contributed by atoms with Crippen LogP contribution in [-0.4, -0.2) is 50.9 Å². The summed E-state index contributed by atoms with van der Waals surface area (Å²) in [6.07, 6.45) is 3.69. The van der Waals surface area contributed by atoms with Gasteiger partial charge in [0.05, 0.1) is 11.4 Å². The Morgan fingerprint density at radius 1 is 1.19 bits per heavy atom. The van der Waals surface area contributed by atoms with Crippen LogP contribution in [0.3, 0.4) is 0 Å². The SMILES string of the molecule is Cc1ccc(NC(=O)NCC(=O)N2CCCC2)cc1S(=O)(=O)NC1CC1. The van der Waals surface area contributed by atoms with Crippen molar-refractivity contribution >= 4 is 27.6 Å². The van der Waals surface area contributed by atoms with Gasteiger partial charge in [0.15, 0.2) is 0 Å². The fourth-order valence-corrected chi connectivity index (χ4v) is 4.44. The highest BCUT2D eigenvalue weighted by atomic mass is 32.2. The molecule has 0 atom stereocenters. The fourth-order valence-electron chi connectivity index (χ4n) is 2.86. The quantitative estimate of drug-likeness (QED) is 0.689. The summed E-state index contributed by atoms with van der Waals surface area (Å²) in [7, 11) is -3.61. The number of carbonyl (C=O) groups is 2. The van der Waals surface area contributed by atoms with E-state index in [4.69, 9.17) is 0 Å².